The zero-order valence-electron chi connectivity index (χ0n) is 16.7. The molecule has 0 radical (unpaired) electrons. The molecule has 0 N–H and O–H groups in total. The summed E-state index contributed by atoms with van der Waals surface area (Å²) in [5, 5.41) is 1.77. The molecule has 0 aliphatic carbocycles. The predicted octanol–water partition coefficient (Wildman–Crippen LogP) is 5.80. The van der Waals surface area contributed by atoms with E-state index >= 15 is 0 Å². The van der Waals surface area contributed by atoms with Crippen molar-refractivity contribution in [2.24, 2.45) is 0 Å². The van der Waals surface area contributed by atoms with Gasteiger partial charge in [-0.05, 0) is 70.4 Å². The summed E-state index contributed by atoms with van der Waals surface area (Å²) in [7, 11) is 0. The van der Waals surface area contributed by atoms with E-state index in [4.69, 9.17) is 14.2 Å². The van der Waals surface area contributed by atoms with Crippen LogP contribution in [0, 0.1) is 0 Å². The van der Waals surface area contributed by atoms with Crippen molar-refractivity contribution in [2.45, 2.75) is 13.8 Å². The van der Waals surface area contributed by atoms with Crippen LogP contribution in [0.3, 0.4) is 0 Å². The summed E-state index contributed by atoms with van der Waals surface area (Å²) >= 11 is 3.45. The number of carbonyl (C=O) groups excluding carboxylic acids is 2. The molecule has 3 rings (SSSR count). The number of hydrogen-bond acceptors (Lipinski definition) is 5. The van der Waals surface area contributed by atoms with E-state index in [1.165, 1.54) is 6.08 Å². The average Bonchev–Trinajstić information content (AvgIpc) is 2.74. The standard InChI is InChI=1S/C24H21BrO5/c1-3-28-21-15-16(12-13-22(26)29-4-2)14-20(25)23(21)30-24(27)19-11-7-9-17-8-5-6-10-18(17)19/h5-15H,3-4H2,1-2H3/b13-12+. The fourth-order valence-electron chi connectivity index (χ4n) is 2.95. The highest BCUT2D eigenvalue weighted by molar-refractivity contribution is 9.10. The molecule has 0 aliphatic heterocycles. The molecule has 0 amide bonds. The molecule has 154 valence electrons. The van der Waals surface area contributed by atoms with Crippen LogP contribution in [0.25, 0.3) is 16.8 Å². The molecule has 0 saturated heterocycles. The molecule has 0 fully saturated rings. The number of carbonyl (C=O) groups is 2. The maximum absolute atomic E-state index is 12.9. The first-order valence-corrected chi connectivity index (χ1v) is 10.3. The fraction of sp³-hybridized carbons (Fsp3) is 0.167. The van der Waals surface area contributed by atoms with Gasteiger partial charge in [-0.1, -0.05) is 36.4 Å². The van der Waals surface area contributed by atoms with Gasteiger partial charge in [-0.2, -0.15) is 0 Å². The molecule has 5 nitrogen and oxygen atoms in total. The minimum absolute atomic E-state index is 0.281. The molecule has 0 bridgehead atoms. The highest BCUT2D eigenvalue weighted by Gasteiger charge is 2.18. The van der Waals surface area contributed by atoms with Gasteiger partial charge in [-0.3, -0.25) is 0 Å². The zero-order chi connectivity index (χ0) is 21.5. The predicted molar refractivity (Wildman–Crippen MR) is 120 cm³/mol. The molecule has 0 aliphatic rings. The van der Waals surface area contributed by atoms with Gasteiger partial charge in [0, 0.05) is 6.08 Å². The van der Waals surface area contributed by atoms with Crippen LogP contribution >= 0.6 is 15.9 Å². The van der Waals surface area contributed by atoms with E-state index in [1.807, 2.05) is 43.3 Å². The molecule has 6 heteroatoms. The quantitative estimate of drug-likeness (QED) is 0.249. The number of rotatable bonds is 7. The average molecular weight is 469 g/mol. The van der Waals surface area contributed by atoms with Gasteiger partial charge in [0.1, 0.15) is 0 Å². The number of benzene rings is 3. The van der Waals surface area contributed by atoms with Gasteiger partial charge in [0.05, 0.1) is 23.2 Å². The van der Waals surface area contributed by atoms with Gasteiger partial charge < -0.3 is 14.2 Å². The lowest BCUT2D eigenvalue weighted by Gasteiger charge is -2.14. The van der Waals surface area contributed by atoms with Crippen molar-refractivity contribution in [3.63, 3.8) is 0 Å². The fourth-order valence-corrected chi connectivity index (χ4v) is 3.49. The van der Waals surface area contributed by atoms with Crippen LogP contribution in [0.15, 0.2) is 65.1 Å². The van der Waals surface area contributed by atoms with Crippen LogP contribution in [0.5, 0.6) is 11.5 Å². The third kappa shape index (κ3) is 5.07. The summed E-state index contributed by atoms with van der Waals surface area (Å²) in [4.78, 5) is 24.5. The summed E-state index contributed by atoms with van der Waals surface area (Å²) in [6.07, 6.45) is 2.95. The van der Waals surface area contributed by atoms with E-state index in [-0.39, 0.29) is 5.75 Å². The van der Waals surface area contributed by atoms with E-state index in [0.29, 0.717) is 34.6 Å². The SMILES string of the molecule is CCOC(=O)/C=C/c1cc(Br)c(OC(=O)c2cccc3ccccc23)c(OCC)c1. The number of hydrogen-bond donors (Lipinski definition) is 0. The Hall–Kier alpha value is -3.12. The zero-order valence-corrected chi connectivity index (χ0v) is 18.3. The van der Waals surface area contributed by atoms with Crippen LogP contribution in [0.2, 0.25) is 0 Å². The number of fused-ring (bicyclic) bond motifs is 1. The van der Waals surface area contributed by atoms with E-state index < -0.39 is 11.9 Å². The van der Waals surface area contributed by atoms with E-state index in [9.17, 15) is 9.59 Å². The first-order chi connectivity index (χ1) is 14.5. The highest BCUT2D eigenvalue weighted by Crippen LogP contribution is 2.38. The minimum Gasteiger partial charge on any atom is -0.490 e. The number of ether oxygens (including phenoxy) is 3. The topological polar surface area (TPSA) is 61.8 Å². The minimum atomic E-state index is -0.483. The van der Waals surface area contributed by atoms with Gasteiger partial charge in [0.25, 0.3) is 0 Å². The van der Waals surface area contributed by atoms with Gasteiger partial charge in [-0.25, -0.2) is 9.59 Å². The summed E-state index contributed by atoms with van der Waals surface area (Å²) in [6.45, 7) is 4.27. The molecular weight excluding hydrogens is 448 g/mol. The molecule has 0 spiro atoms. The molecule has 3 aromatic rings. The third-order valence-corrected chi connectivity index (χ3v) is 4.82. The molecular formula is C24H21BrO5. The van der Waals surface area contributed by atoms with E-state index in [0.717, 1.165) is 10.8 Å². The van der Waals surface area contributed by atoms with Gasteiger partial charge in [-0.15, -0.1) is 0 Å². The lowest BCUT2D eigenvalue weighted by molar-refractivity contribution is -0.137. The van der Waals surface area contributed by atoms with Crippen molar-refractivity contribution in [1.29, 1.82) is 0 Å². The summed E-state index contributed by atoms with van der Waals surface area (Å²) in [5.74, 6) is -0.242. The van der Waals surface area contributed by atoms with Crippen molar-refractivity contribution >= 4 is 44.7 Å². The Morgan fingerprint density at radius 3 is 2.53 bits per heavy atom. The van der Waals surface area contributed by atoms with E-state index in [2.05, 4.69) is 15.9 Å². The summed E-state index contributed by atoms with van der Waals surface area (Å²) in [5.41, 5.74) is 1.16. The Kier molecular flexibility index (Phi) is 7.25. The first kappa shape index (κ1) is 21.6. The Labute approximate surface area is 183 Å². The maximum atomic E-state index is 12.9. The van der Waals surface area contributed by atoms with Crippen molar-refractivity contribution in [3.05, 3.63) is 76.3 Å². The molecule has 0 atom stereocenters. The molecule has 30 heavy (non-hydrogen) atoms. The van der Waals surface area contributed by atoms with Gasteiger partial charge in [0.2, 0.25) is 0 Å². The molecule has 0 saturated carbocycles. The second-order valence-electron chi connectivity index (χ2n) is 6.26. The summed E-state index contributed by atoms with van der Waals surface area (Å²) in [6, 6.07) is 16.6. The van der Waals surface area contributed by atoms with Crippen molar-refractivity contribution in [3.8, 4) is 11.5 Å². The van der Waals surface area contributed by atoms with Crippen molar-refractivity contribution in [2.75, 3.05) is 13.2 Å². The number of esters is 2. The molecule has 3 aromatic carbocycles. The lowest BCUT2D eigenvalue weighted by Crippen LogP contribution is -2.11. The summed E-state index contributed by atoms with van der Waals surface area (Å²) < 4.78 is 16.8. The van der Waals surface area contributed by atoms with Crippen LogP contribution in [-0.4, -0.2) is 25.2 Å². The van der Waals surface area contributed by atoms with Crippen LogP contribution in [-0.2, 0) is 9.53 Å². The molecule has 0 heterocycles. The normalized spacial score (nSPS) is 10.9. The Balaban J connectivity index is 1.92. The molecule has 0 unspecified atom stereocenters. The largest absolute Gasteiger partial charge is 0.490 e. The maximum Gasteiger partial charge on any atom is 0.344 e. The third-order valence-electron chi connectivity index (χ3n) is 4.23. The lowest BCUT2D eigenvalue weighted by atomic mass is 10.0. The van der Waals surface area contributed by atoms with Crippen LogP contribution < -0.4 is 9.47 Å². The Morgan fingerprint density at radius 1 is 1.00 bits per heavy atom. The first-order valence-electron chi connectivity index (χ1n) is 9.54. The molecule has 0 aromatic heterocycles. The van der Waals surface area contributed by atoms with Crippen molar-refractivity contribution < 1.29 is 23.8 Å². The van der Waals surface area contributed by atoms with Crippen LogP contribution in [0.1, 0.15) is 29.8 Å². The monoisotopic (exact) mass is 468 g/mol. The second-order valence-corrected chi connectivity index (χ2v) is 7.12. The van der Waals surface area contributed by atoms with E-state index in [1.54, 1.807) is 31.2 Å². The Morgan fingerprint density at radius 2 is 1.77 bits per heavy atom. The number of halogens is 1. The smallest absolute Gasteiger partial charge is 0.344 e. The van der Waals surface area contributed by atoms with Gasteiger partial charge in [0.15, 0.2) is 11.5 Å². The highest BCUT2D eigenvalue weighted by atomic mass is 79.9. The van der Waals surface area contributed by atoms with Crippen LogP contribution in [0.4, 0.5) is 0 Å². The van der Waals surface area contributed by atoms with Gasteiger partial charge >= 0.3 is 11.9 Å². The second kappa shape index (κ2) is 10.1. The van der Waals surface area contributed by atoms with Crippen molar-refractivity contribution in [1.82, 2.24) is 0 Å². The Bertz CT molecular complexity index is 1100.